The highest BCUT2D eigenvalue weighted by atomic mass is 16.2. The lowest BCUT2D eigenvalue weighted by atomic mass is 9.95. The molecule has 1 aliphatic rings. The lowest BCUT2D eigenvalue weighted by molar-refractivity contribution is -0.123. The molecule has 1 aromatic rings. The van der Waals surface area contributed by atoms with Gasteiger partial charge < -0.3 is 15.1 Å². The van der Waals surface area contributed by atoms with Crippen LogP contribution in [0.1, 0.15) is 58.4 Å². The minimum absolute atomic E-state index is 0.0701. The van der Waals surface area contributed by atoms with Gasteiger partial charge in [-0.15, -0.1) is 0 Å². The second-order valence-electron chi connectivity index (χ2n) is 7.15. The summed E-state index contributed by atoms with van der Waals surface area (Å²) in [4.78, 5) is 28.5. The van der Waals surface area contributed by atoms with Crippen LogP contribution in [0.3, 0.4) is 0 Å². The highest BCUT2D eigenvalue weighted by Gasteiger charge is 2.21. The quantitative estimate of drug-likeness (QED) is 0.808. The molecule has 1 fully saturated rings. The number of carbonyl (C=O) groups excluding carboxylic acids is 2. The molecule has 0 atom stereocenters. The van der Waals surface area contributed by atoms with Crippen LogP contribution in [0.4, 0.5) is 11.4 Å². The van der Waals surface area contributed by atoms with Crippen LogP contribution in [0.15, 0.2) is 18.2 Å². The van der Waals surface area contributed by atoms with Crippen LogP contribution >= 0.6 is 0 Å². The first-order valence-corrected chi connectivity index (χ1v) is 9.89. The Morgan fingerprint density at radius 1 is 1.12 bits per heavy atom. The SMILES string of the molecule is CCN(CC)c1ccc(N(CC(=O)NC2CCCCC2)C(C)=O)c(C)c1. The van der Waals surface area contributed by atoms with Crippen LogP contribution in [-0.4, -0.2) is 37.5 Å². The lowest BCUT2D eigenvalue weighted by Gasteiger charge is -2.27. The molecule has 0 aromatic heterocycles. The number of nitrogens with zero attached hydrogens (tertiary/aromatic N) is 2. The number of anilines is 2. The number of aryl methyl sites for hydroxylation is 1. The van der Waals surface area contributed by atoms with E-state index in [-0.39, 0.29) is 24.4 Å². The third kappa shape index (κ3) is 5.23. The Kier molecular flexibility index (Phi) is 7.49. The van der Waals surface area contributed by atoms with Crippen LogP contribution in [0.5, 0.6) is 0 Å². The molecular formula is C21H33N3O2. The number of rotatable bonds is 7. The molecule has 0 heterocycles. The van der Waals surface area contributed by atoms with Crippen LogP contribution in [0.2, 0.25) is 0 Å². The van der Waals surface area contributed by atoms with Crippen molar-refractivity contribution in [3.63, 3.8) is 0 Å². The summed E-state index contributed by atoms with van der Waals surface area (Å²) in [7, 11) is 0. The number of hydrogen-bond donors (Lipinski definition) is 1. The van der Waals surface area contributed by atoms with Gasteiger partial charge in [-0.2, -0.15) is 0 Å². The maximum atomic E-state index is 12.5. The predicted molar refractivity (Wildman–Crippen MR) is 108 cm³/mol. The van der Waals surface area contributed by atoms with Gasteiger partial charge >= 0.3 is 0 Å². The number of carbonyl (C=O) groups is 2. The molecule has 0 aliphatic heterocycles. The van der Waals surface area contributed by atoms with Crippen molar-refractivity contribution in [1.82, 2.24) is 5.32 Å². The van der Waals surface area contributed by atoms with Gasteiger partial charge in [0.05, 0.1) is 0 Å². The summed E-state index contributed by atoms with van der Waals surface area (Å²) in [6, 6.07) is 6.34. The zero-order valence-electron chi connectivity index (χ0n) is 16.7. The molecule has 5 nitrogen and oxygen atoms in total. The zero-order chi connectivity index (χ0) is 19.1. The second kappa shape index (κ2) is 9.60. The van der Waals surface area contributed by atoms with Crippen molar-refractivity contribution in [2.45, 2.75) is 65.8 Å². The normalized spacial score (nSPS) is 14.8. The van der Waals surface area contributed by atoms with Gasteiger partial charge in [-0.3, -0.25) is 9.59 Å². The van der Waals surface area contributed by atoms with Crippen LogP contribution in [0, 0.1) is 6.92 Å². The van der Waals surface area contributed by atoms with E-state index < -0.39 is 0 Å². The minimum Gasteiger partial charge on any atom is -0.372 e. The fraction of sp³-hybridized carbons (Fsp3) is 0.619. The molecule has 5 heteroatoms. The topological polar surface area (TPSA) is 52.6 Å². The number of amides is 2. The van der Waals surface area contributed by atoms with Gasteiger partial charge in [0, 0.05) is 37.4 Å². The monoisotopic (exact) mass is 359 g/mol. The van der Waals surface area contributed by atoms with Crippen molar-refractivity contribution in [3.05, 3.63) is 23.8 Å². The molecule has 1 aliphatic carbocycles. The predicted octanol–water partition coefficient (Wildman–Crippen LogP) is 3.64. The molecule has 1 saturated carbocycles. The summed E-state index contributed by atoms with van der Waals surface area (Å²) >= 11 is 0. The Labute approximate surface area is 157 Å². The highest BCUT2D eigenvalue weighted by molar-refractivity contribution is 5.98. The second-order valence-corrected chi connectivity index (χ2v) is 7.15. The van der Waals surface area contributed by atoms with Gasteiger partial charge in [-0.05, 0) is 57.4 Å². The third-order valence-electron chi connectivity index (χ3n) is 5.25. The smallest absolute Gasteiger partial charge is 0.240 e. The van der Waals surface area contributed by atoms with E-state index in [4.69, 9.17) is 0 Å². The van der Waals surface area contributed by atoms with E-state index in [1.54, 1.807) is 4.90 Å². The van der Waals surface area contributed by atoms with Gasteiger partial charge in [0.1, 0.15) is 6.54 Å². The van der Waals surface area contributed by atoms with Gasteiger partial charge in [0.2, 0.25) is 11.8 Å². The summed E-state index contributed by atoms with van der Waals surface area (Å²) in [6.07, 6.45) is 5.69. The van der Waals surface area contributed by atoms with Crippen molar-refractivity contribution >= 4 is 23.2 Å². The Hall–Kier alpha value is -2.04. The molecule has 26 heavy (non-hydrogen) atoms. The average molecular weight is 360 g/mol. The molecule has 2 amide bonds. The zero-order valence-corrected chi connectivity index (χ0v) is 16.7. The Bertz CT molecular complexity index is 620. The van der Waals surface area contributed by atoms with Crippen molar-refractivity contribution in [3.8, 4) is 0 Å². The molecule has 0 bridgehead atoms. The fourth-order valence-corrected chi connectivity index (χ4v) is 3.76. The maximum Gasteiger partial charge on any atom is 0.240 e. The van der Waals surface area contributed by atoms with E-state index in [1.165, 1.54) is 26.2 Å². The van der Waals surface area contributed by atoms with Crippen molar-refractivity contribution in [1.29, 1.82) is 0 Å². The first-order chi connectivity index (χ1) is 12.5. The van der Waals surface area contributed by atoms with E-state index in [9.17, 15) is 9.59 Å². The van der Waals surface area contributed by atoms with E-state index >= 15 is 0 Å². The molecule has 0 unspecified atom stereocenters. The number of hydrogen-bond acceptors (Lipinski definition) is 3. The Morgan fingerprint density at radius 3 is 2.31 bits per heavy atom. The summed E-state index contributed by atoms with van der Waals surface area (Å²) in [5.41, 5.74) is 2.97. The molecule has 1 aromatic carbocycles. The molecule has 0 radical (unpaired) electrons. The summed E-state index contributed by atoms with van der Waals surface area (Å²) < 4.78 is 0. The van der Waals surface area contributed by atoms with E-state index in [2.05, 4.69) is 30.1 Å². The molecule has 0 saturated heterocycles. The van der Waals surface area contributed by atoms with Crippen LogP contribution in [0.25, 0.3) is 0 Å². The Morgan fingerprint density at radius 2 is 1.77 bits per heavy atom. The van der Waals surface area contributed by atoms with Crippen LogP contribution in [-0.2, 0) is 9.59 Å². The van der Waals surface area contributed by atoms with Crippen molar-refractivity contribution in [2.75, 3.05) is 29.4 Å². The number of benzene rings is 1. The van der Waals surface area contributed by atoms with Crippen molar-refractivity contribution < 1.29 is 9.59 Å². The largest absolute Gasteiger partial charge is 0.372 e. The van der Waals surface area contributed by atoms with E-state index in [1.807, 2.05) is 19.1 Å². The molecule has 1 N–H and O–H groups in total. The van der Waals surface area contributed by atoms with Crippen LogP contribution < -0.4 is 15.1 Å². The first-order valence-electron chi connectivity index (χ1n) is 9.89. The average Bonchev–Trinajstić information content (AvgIpc) is 2.62. The molecular weight excluding hydrogens is 326 g/mol. The van der Waals surface area contributed by atoms with Gasteiger partial charge in [0.25, 0.3) is 0 Å². The first kappa shape index (κ1) is 20.3. The van der Waals surface area contributed by atoms with E-state index in [0.717, 1.165) is 42.9 Å². The van der Waals surface area contributed by atoms with E-state index in [0.29, 0.717) is 0 Å². The Balaban J connectivity index is 2.11. The van der Waals surface area contributed by atoms with Crippen molar-refractivity contribution in [2.24, 2.45) is 0 Å². The minimum atomic E-state index is -0.109. The lowest BCUT2D eigenvalue weighted by Crippen LogP contribution is -2.44. The van der Waals surface area contributed by atoms with Gasteiger partial charge in [-0.25, -0.2) is 0 Å². The molecule has 2 rings (SSSR count). The summed E-state index contributed by atoms with van der Waals surface area (Å²) in [6.45, 7) is 9.74. The molecule has 144 valence electrons. The number of nitrogens with one attached hydrogen (secondary N) is 1. The molecule has 0 spiro atoms. The van der Waals surface area contributed by atoms with Gasteiger partial charge in [-0.1, -0.05) is 19.3 Å². The summed E-state index contributed by atoms with van der Waals surface area (Å²) in [5.74, 6) is -0.179. The summed E-state index contributed by atoms with van der Waals surface area (Å²) in [5, 5.41) is 3.10. The van der Waals surface area contributed by atoms with Gasteiger partial charge in [0.15, 0.2) is 0 Å². The third-order valence-corrected chi connectivity index (χ3v) is 5.25. The fourth-order valence-electron chi connectivity index (χ4n) is 3.76. The standard InChI is InChI=1S/C21H33N3O2/c1-5-23(6-2)19-12-13-20(16(3)14-19)24(17(4)25)15-21(26)22-18-10-8-7-9-11-18/h12-14,18H,5-11,15H2,1-4H3,(H,22,26). The highest BCUT2D eigenvalue weighted by Crippen LogP contribution is 2.26. The maximum absolute atomic E-state index is 12.5.